The molecule has 5 rings (SSSR count). The number of hydrogen-bond donors (Lipinski definition) is 0. The number of carbonyl (C=O) groups is 3. The summed E-state index contributed by atoms with van der Waals surface area (Å²) in [5.41, 5.74) is 2.41. The van der Waals surface area contributed by atoms with Crippen molar-refractivity contribution in [3.8, 4) is 0 Å². The Morgan fingerprint density at radius 1 is 0.956 bits per heavy atom. The molecule has 0 bridgehead atoms. The monoisotopic (exact) mass is 639 g/mol. The van der Waals surface area contributed by atoms with Crippen LogP contribution in [0, 0.1) is 0 Å². The van der Waals surface area contributed by atoms with Crippen LogP contribution in [0.4, 0.5) is 18.9 Å². The van der Waals surface area contributed by atoms with Gasteiger partial charge in [0.1, 0.15) is 0 Å². The molecule has 1 saturated heterocycles. The molecule has 2 heterocycles. The van der Waals surface area contributed by atoms with E-state index in [2.05, 4.69) is 0 Å². The molecule has 2 amide bonds. The maximum absolute atomic E-state index is 13.5. The van der Waals surface area contributed by atoms with Crippen LogP contribution in [0.15, 0.2) is 84.1 Å². The summed E-state index contributed by atoms with van der Waals surface area (Å²) >= 11 is 6.46. The second-order valence-electron chi connectivity index (χ2n) is 11.0. The summed E-state index contributed by atoms with van der Waals surface area (Å²) in [6.07, 6.45) is -4.40. The first-order chi connectivity index (χ1) is 21.5. The zero-order chi connectivity index (χ0) is 32.3. The Balaban J connectivity index is 1.32. The van der Waals surface area contributed by atoms with Crippen LogP contribution < -0.4 is 4.90 Å². The number of nitrogens with zero attached hydrogens (tertiary/aromatic N) is 3. The number of amides is 2. The molecule has 0 spiro atoms. The van der Waals surface area contributed by atoms with Gasteiger partial charge in [-0.3, -0.25) is 9.59 Å². The summed E-state index contributed by atoms with van der Waals surface area (Å²) in [5.74, 6) is -1.45. The molecule has 7 nitrogen and oxygen atoms in total. The van der Waals surface area contributed by atoms with E-state index in [0.29, 0.717) is 64.8 Å². The van der Waals surface area contributed by atoms with Gasteiger partial charge in [-0.2, -0.15) is 13.2 Å². The van der Waals surface area contributed by atoms with Crippen LogP contribution in [0.2, 0.25) is 5.02 Å². The van der Waals surface area contributed by atoms with Crippen LogP contribution in [0.25, 0.3) is 0 Å². The van der Waals surface area contributed by atoms with Gasteiger partial charge in [-0.25, -0.2) is 4.79 Å². The van der Waals surface area contributed by atoms with E-state index in [9.17, 15) is 27.6 Å². The quantitative estimate of drug-likeness (QED) is 0.270. The van der Waals surface area contributed by atoms with Crippen molar-refractivity contribution in [3.63, 3.8) is 0 Å². The lowest BCUT2D eigenvalue weighted by molar-refractivity contribution is -0.140. The Morgan fingerprint density at radius 2 is 1.67 bits per heavy atom. The third kappa shape index (κ3) is 7.01. The average molecular weight is 640 g/mol. The van der Waals surface area contributed by atoms with Gasteiger partial charge in [0, 0.05) is 60.5 Å². The molecule has 1 fully saturated rings. The maximum Gasteiger partial charge on any atom is 0.416 e. The van der Waals surface area contributed by atoms with E-state index in [0.717, 1.165) is 12.1 Å². The van der Waals surface area contributed by atoms with E-state index in [1.807, 2.05) is 17.0 Å². The Morgan fingerprint density at radius 3 is 2.36 bits per heavy atom. The molecule has 0 radical (unpaired) electrons. The Hall–Kier alpha value is -4.31. The molecule has 0 N–H and O–H groups in total. The van der Waals surface area contributed by atoms with Gasteiger partial charge >= 0.3 is 12.1 Å². The highest BCUT2D eigenvalue weighted by Crippen LogP contribution is 2.40. The fourth-order valence-corrected chi connectivity index (χ4v) is 6.18. The van der Waals surface area contributed by atoms with Crippen molar-refractivity contribution in [2.45, 2.75) is 38.9 Å². The van der Waals surface area contributed by atoms with Crippen LogP contribution in [0.1, 0.15) is 53.2 Å². The molecule has 0 aromatic heterocycles. The number of rotatable bonds is 7. The number of piperazine rings is 1. The normalized spacial score (nSPS) is 17.5. The summed E-state index contributed by atoms with van der Waals surface area (Å²) in [6.45, 7) is 5.23. The molecular formula is C34H33ClF3N3O4. The summed E-state index contributed by atoms with van der Waals surface area (Å²) in [4.78, 5) is 45.1. The van der Waals surface area contributed by atoms with Crippen molar-refractivity contribution in [3.05, 3.63) is 111 Å². The van der Waals surface area contributed by atoms with Gasteiger partial charge in [-0.05, 0) is 61.4 Å². The van der Waals surface area contributed by atoms with Crippen LogP contribution in [0.5, 0.6) is 0 Å². The molecule has 3 aromatic rings. The first kappa shape index (κ1) is 32.1. The zero-order valence-electron chi connectivity index (χ0n) is 24.9. The van der Waals surface area contributed by atoms with E-state index in [1.165, 1.54) is 11.0 Å². The number of anilines is 1. The van der Waals surface area contributed by atoms with Crippen molar-refractivity contribution in [1.29, 1.82) is 0 Å². The smallest absolute Gasteiger partial charge is 0.416 e. The van der Waals surface area contributed by atoms with Crippen molar-refractivity contribution >= 4 is 35.1 Å². The van der Waals surface area contributed by atoms with Crippen molar-refractivity contribution in [1.82, 2.24) is 9.80 Å². The maximum atomic E-state index is 13.5. The molecule has 236 valence electrons. The molecule has 0 aliphatic carbocycles. The summed E-state index contributed by atoms with van der Waals surface area (Å²) in [6, 6.07) is 19.3. The van der Waals surface area contributed by atoms with E-state index < -0.39 is 23.6 Å². The van der Waals surface area contributed by atoms with Crippen molar-refractivity contribution in [2.75, 3.05) is 37.7 Å². The standard InChI is InChI=1S/C34H33ClF3N3O4/c1-3-45-33(44)31-22(2)41(30(42)20-28(31)27-12-4-5-13-29(27)35)21-23-8-6-9-24(18-23)32(43)40-16-14-39(15-17-40)26-11-7-10-25(19-26)34(36,37)38/h4-13,18-19,28H,3,14-17,20-21H2,1-2H3. The van der Waals surface area contributed by atoms with E-state index in [1.54, 1.807) is 61.2 Å². The molecule has 45 heavy (non-hydrogen) atoms. The molecule has 2 aliphatic rings. The predicted octanol–water partition coefficient (Wildman–Crippen LogP) is 6.67. The second kappa shape index (κ2) is 13.4. The van der Waals surface area contributed by atoms with Gasteiger partial charge in [-0.1, -0.05) is 48.0 Å². The second-order valence-corrected chi connectivity index (χ2v) is 11.4. The fraction of sp³-hybridized carbons (Fsp3) is 0.324. The Labute approximate surface area is 264 Å². The minimum absolute atomic E-state index is 0.0317. The highest BCUT2D eigenvalue weighted by molar-refractivity contribution is 6.31. The van der Waals surface area contributed by atoms with Crippen molar-refractivity contribution < 1.29 is 32.3 Å². The highest BCUT2D eigenvalue weighted by Gasteiger charge is 2.38. The first-order valence-corrected chi connectivity index (χ1v) is 15.1. The van der Waals surface area contributed by atoms with Crippen LogP contribution in [0.3, 0.4) is 0 Å². The number of benzene rings is 3. The molecular weight excluding hydrogens is 607 g/mol. The van der Waals surface area contributed by atoms with Gasteiger partial charge < -0.3 is 19.4 Å². The van der Waals surface area contributed by atoms with Crippen LogP contribution in [-0.2, 0) is 27.0 Å². The number of hydrogen-bond acceptors (Lipinski definition) is 5. The first-order valence-electron chi connectivity index (χ1n) is 14.7. The third-order valence-electron chi connectivity index (χ3n) is 8.22. The van der Waals surface area contributed by atoms with Crippen molar-refractivity contribution in [2.24, 2.45) is 0 Å². The van der Waals surface area contributed by atoms with Gasteiger partial charge in [-0.15, -0.1) is 0 Å². The lowest BCUT2D eigenvalue weighted by Gasteiger charge is -2.36. The summed E-state index contributed by atoms with van der Waals surface area (Å²) in [5, 5.41) is 0.459. The van der Waals surface area contributed by atoms with Gasteiger partial charge in [0.25, 0.3) is 5.91 Å². The summed E-state index contributed by atoms with van der Waals surface area (Å²) in [7, 11) is 0. The number of allylic oxidation sites excluding steroid dienone is 1. The minimum Gasteiger partial charge on any atom is -0.463 e. The van der Waals surface area contributed by atoms with Gasteiger partial charge in [0.15, 0.2) is 0 Å². The van der Waals surface area contributed by atoms with E-state index in [4.69, 9.17) is 16.3 Å². The van der Waals surface area contributed by atoms with E-state index >= 15 is 0 Å². The molecule has 1 unspecified atom stereocenters. The fourth-order valence-electron chi connectivity index (χ4n) is 5.91. The molecule has 0 saturated carbocycles. The molecule has 3 aromatic carbocycles. The number of ether oxygens (including phenoxy) is 1. The van der Waals surface area contributed by atoms with Crippen LogP contribution in [-0.4, -0.2) is 60.4 Å². The number of esters is 1. The lowest BCUT2D eigenvalue weighted by Crippen LogP contribution is -2.48. The number of halogens is 4. The zero-order valence-corrected chi connectivity index (χ0v) is 25.7. The highest BCUT2D eigenvalue weighted by atomic mass is 35.5. The molecule has 2 aliphatic heterocycles. The lowest BCUT2D eigenvalue weighted by atomic mass is 9.83. The summed E-state index contributed by atoms with van der Waals surface area (Å²) < 4.78 is 44.9. The Bertz CT molecular complexity index is 1630. The SMILES string of the molecule is CCOC(=O)C1=C(C)N(Cc2cccc(C(=O)N3CCN(c4cccc(C(F)(F)F)c4)CC3)c2)C(=O)CC1c1ccccc1Cl. The number of carbonyl (C=O) groups excluding carboxylic acids is 3. The predicted molar refractivity (Wildman–Crippen MR) is 165 cm³/mol. The topological polar surface area (TPSA) is 70.2 Å². The average Bonchev–Trinajstić information content (AvgIpc) is 3.02. The van der Waals surface area contributed by atoms with E-state index in [-0.39, 0.29) is 31.4 Å². The van der Waals surface area contributed by atoms with Gasteiger partial charge in [0.05, 0.1) is 24.3 Å². The van der Waals surface area contributed by atoms with Crippen LogP contribution >= 0.6 is 11.6 Å². The largest absolute Gasteiger partial charge is 0.463 e. The van der Waals surface area contributed by atoms with Gasteiger partial charge in [0.2, 0.25) is 5.91 Å². The molecule has 1 atom stereocenters. The minimum atomic E-state index is -4.43. The Kier molecular flexibility index (Phi) is 9.53. The third-order valence-corrected chi connectivity index (χ3v) is 8.56. The number of alkyl halides is 3. The molecule has 11 heteroatoms.